The number of aryl methyl sites for hydroxylation is 1. The number of aromatic nitrogens is 3. The zero-order chi connectivity index (χ0) is 10.1. The van der Waals surface area contributed by atoms with Gasteiger partial charge in [0.15, 0.2) is 5.65 Å². The molecule has 2 aromatic heterocycles. The van der Waals surface area contributed by atoms with Crippen LogP contribution in [0.4, 0.5) is 0 Å². The summed E-state index contributed by atoms with van der Waals surface area (Å²) in [4.78, 5) is 4.24. The lowest BCUT2D eigenvalue weighted by Gasteiger charge is -1.97. The zero-order valence-corrected chi connectivity index (χ0v) is 7.86. The lowest BCUT2D eigenvalue weighted by molar-refractivity contribution is 0.927. The molecule has 72 valence electrons. The average molecular weight is 189 g/mol. The van der Waals surface area contributed by atoms with Crippen molar-refractivity contribution in [3.63, 3.8) is 0 Å². The van der Waals surface area contributed by atoms with Gasteiger partial charge in [-0.15, -0.1) is 0 Å². The molecule has 5 heteroatoms. The van der Waals surface area contributed by atoms with Gasteiger partial charge < -0.3 is 5.73 Å². The van der Waals surface area contributed by atoms with Crippen molar-refractivity contribution in [3.8, 4) is 0 Å². The van der Waals surface area contributed by atoms with Gasteiger partial charge in [-0.1, -0.05) is 0 Å². The molecule has 0 radical (unpaired) electrons. The predicted octanol–water partition coefficient (Wildman–Crippen LogP) is 0.516. The van der Waals surface area contributed by atoms with E-state index in [-0.39, 0.29) is 5.84 Å². The summed E-state index contributed by atoms with van der Waals surface area (Å²) in [5, 5.41) is 11.3. The van der Waals surface area contributed by atoms with Crippen molar-refractivity contribution < 1.29 is 0 Å². The fourth-order valence-electron chi connectivity index (χ4n) is 1.35. The van der Waals surface area contributed by atoms with Crippen LogP contribution in [0.1, 0.15) is 11.1 Å². The van der Waals surface area contributed by atoms with Crippen molar-refractivity contribution in [2.75, 3.05) is 0 Å². The number of hydrogen-bond acceptors (Lipinski definition) is 3. The molecule has 0 unspecified atom stereocenters. The van der Waals surface area contributed by atoms with Gasteiger partial charge in [-0.25, -0.2) is 9.50 Å². The standard InChI is InChI=1S/C9H11N5/c1-6-3-12-9-7(2-8(10)11)4-13-14(9)5-6/h3-5H,2H2,1H3,(H3,10,11). The molecule has 0 bridgehead atoms. The number of nitrogens with one attached hydrogen (secondary N) is 1. The molecule has 0 aliphatic carbocycles. The maximum absolute atomic E-state index is 7.20. The van der Waals surface area contributed by atoms with E-state index in [1.54, 1.807) is 16.9 Å². The molecule has 0 spiro atoms. The number of hydrogen-bond donors (Lipinski definition) is 2. The minimum atomic E-state index is 0.127. The third kappa shape index (κ3) is 1.44. The van der Waals surface area contributed by atoms with E-state index in [4.69, 9.17) is 11.1 Å². The highest BCUT2D eigenvalue weighted by atomic mass is 15.2. The molecule has 2 rings (SSSR count). The summed E-state index contributed by atoms with van der Waals surface area (Å²) in [5.41, 5.74) is 8.03. The van der Waals surface area contributed by atoms with E-state index in [1.807, 2.05) is 13.1 Å². The van der Waals surface area contributed by atoms with Crippen LogP contribution in [-0.4, -0.2) is 20.4 Å². The number of nitrogens with two attached hydrogens (primary N) is 1. The largest absolute Gasteiger partial charge is 0.387 e. The summed E-state index contributed by atoms with van der Waals surface area (Å²) in [7, 11) is 0. The van der Waals surface area contributed by atoms with Crippen LogP contribution in [0.5, 0.6) is 0 Å². The van der Waals surface area contributed by atoms with Crippen molar-refractivity contribution in [2.45, 2.75) is 13.3 Å². The summed E-state index contributed by atoms with van der Waals surface area (Å²) < 4.78 is 1.70. The number of nitrogens with zero attached hydrogens (tertiary/aromatic N) is 3. The molecule has 0 atom stereocenters. The van der Waals surface area contributed by atoms with Crippen LogP contribution < -0.4 is 5.73 Å². The average Bonchev–Trinajstić information content (AvgIpc) is 2.47. The van der Waals surface area contributed by atoms with Gasteiger partial charge in [-0.2, -0.15) is 5.10 Å². The number of fused-ring (bicyclic) bond motifs is 1. The van der Waals surface area contributed by atoms with E-state index in [0.29, 0.717) is 6.42 Å². The SMILES string of the molecule is Cc1cnc2c(CC(=N)N)cnn2c1. The van der Waals surface area contributed by atoms with Gasteiger partial charge in [0.1, 0.15) is 0 Å². The monoisotopic (exact) mass is 189 g/mol. The van der Waals surface area contributed by atoms with E-state index >= 15 is 0 Å². The Morgan fingerprint density at radius 1 is 1.57 bits per heavy atom. The summed E-state index contributed by atoms with van der Waals surface area (Å²) in [6, 6.07) is 0. The van der Waals surface area contributed by atoms with Gasteiger partial charge in [0.2, 0.25) is 0 Å². The Kier molecular flexibility index (Phi) is 1.92. The van der Waals surface area contributed by atoms with E-state index < -0.39 is 0 Å². The maximum Gasteiger partial charge on any atom is 0.158 e. The lowest BCUT2D eigenvalue weighted by atomic mass is 10.2. The Morgan fingerprint density at radius 3 is 3.07 bits per heavy atom. The summed E-state index contributed by atoms with van der Waals surface area (Å²) >= 11 is 0. The molecule has 0 amide bonds. The summed E-state index contributed by atoms with van der Waals surface area (Å²) in [6.45, 7) is 1.96. The third-order valence-electron chi connectivity index (χ3n) is 1.94. The molecule has 0 fully saturated rings. The van der Waals surface area contributed by atoms with Gasteiger partial charge in [0.05, 0.1) is 12.0 Å². The molecular weight excluding hydrogens is 178 g/mol. The molecule has 3 N–H and O–H groups in total. The summed E-state index contributed by atoms with van der Waals surface area (Å²) in [6.07, 6.45) is 5.77. The Balaban J connectivity index is 2.52. The molecule has 0 aliphatic rings. The molecule has 5 nitrogen and oxygen atoms in total. The van der Waals surface area contributed by atoms with E-state index in [9.17, 15) is 0 Å². The van der Waals surface area contributed by atoms with Crippen molar-refractivity contribution in [1.82, 2.24) is 14.6 Å². The fraction of sp³-hybridized carbons (Fsp3) is 0.222. The van der Waals surface area contributed by atoms with Crippen LogP contribution in [0.3, 0.4) is 0 Å². The van der Waals surface area contributed by atoms with E-state index in [0.717, 1.165) is 16.8 Å². The van der Waals surface area contributed by atoms with Crippen molar-refractivity contribution in [2.24, 2.45) is 5.73 Å². The Bertz CT molecular complexity index is 485. The van der Waals surface area contributed by atoms with Crippen LogP contribution in [0, 0.1) is 12.3 Å². The van der Waals surface area contributed by atoms with Gasteiger partial charge in [0, 0.05) is 24.4 Å². The second-order valence-corrected chi connectivity index (χ2v) is 3.27. The lowest BCUT2D eigenvalue weighted by Crippen LogP contribution is -2.12. The smallest absolute Gasteiger partial charge is 0.158 e. The molecule has 2 heterocycles. The summed E-state index contributed by atoms with van der Waals surface area (Å²) in [5.74, 6) is 0.127. The minimum absolute atomic E-state index is 0.127. The Hall–Kier alpha value is -1.91. The maximum atomic E-state index is 7.20. The zero-order valence-electron chi connectivity index (χ0n) is 7.86. The normalized spacial score (nSPS) is 10.6. The van der Waals surface area contributed by atoms with E-state index in [2.05, 4.69) is 10.1 Å². The van der Waals surface area contributed by atoms with Crippen LogP contribution >= 0.6 is 0 Å². The second-order valence-electron chi connectivity index (χ2n) is 3.27. The Morgan fingerprint density at radius 2 is 2.36 bits per heavy atom. The van der Waals surface area contributed by atoms with Crippen molar-refractivity contribution in [3.05, 3.63) is 29.7 Å². The van der Waals surface area contributed by atoms with Crippen molar-refractivity contribution in [1.29, 1.82) is 5.41 Å². The molecule has 2 aromatic rings. The first-order valence-corrected chi connectivity index (χ1v) is 4.28. The first kappa shape index (κ1) is 8.68. The minimum Gasteiger partial charge on any atom is -0.387 e. The first-order valence-electron chi connectivity index (χ1n) is 4.28. The highest BCUT2D eigenvalue weighted by Gasteiger charge is 2.05. The highest BCUT2D eigenvalue weighted by molar-refractivity contribution is 5.81. The topological polar surface area (TPSA) is 80.1 Å². The third-order valence-corrected chi connectivity index (χ3v) is 1.94. The van der Waals surface area contributed by atoms with Gasteiger partial charge in [0.25, 0.3) is 0 Å². The Labute approximate surface area is 81.1 Å². The van der Waals surface area contributed by atoms with Crippen molar-refractivity contribution >= 4 is 11.5 Å². The second kappa shape index (κ2) is 3.10. The molecule has 0 aromatic carbocycles. The van der Waals surface area contributed by atoms with Gasteiger partial charge in [-0.05, 0) is 12.5 Å². The highest BCUT2D eigenvalue weighted by Crippen LogP contribution is 2.08. The predicted molar refractivity (Wildman–Crippen MR) is 53.3 cm³/mol. The molecule has 0 saturated carbocycles. The number of amidine groups is 1. The van der Waals surface area contributed by atoms with E-state index in [1.165, 1.54) is 0 Å². The molecule has 14 heavy (non-hydrogen) atoms. The molecule has 0 aliphatic heterocycles. The van der Waals surface area contributed by atoms with Crippen LogP contribution in [0.2, 0.25) is 0 Å². The first-order chi connectivity index (χ1) is 6.66. The molecule has 0 saturated heterocycles. The van der Waals surface area contributed by atoms with Crippen LogP contribution in [-0.2, 0) is 6.42 Å². The fourth-order valence-corrected chi connectivity index (χ4v) is 1.35. The van der Waals surface area contributed by atoms with Gasteiger partial charge in [-0.3, -0.25) is 5.41 Å². The number of rotatable bonds is 2. The van der Waals surface area contributed by atoms with Crippen LogP contribution in [0.25, 0.3) is 5.65 Å². The quantitative estimate of drug-likeness (QED) is 0.533. The molecular formula is C9H11N5. The van der Waals surface area contributed by atoms with Crippen LogP contribution in [0.15, 0.2) is 18.6 Å². The van der Waals surface area contributed by atoms with Gasteiger partial charge >= 0.3 is 0 Å².